The van der Waals surface area contributed by atoms with Crippen molar-refractivity contribution in [1.29, 1.82) is 0 Å². The number of rotatable bonds is 3. The summed E-state index contributed by atoms with van der Waals surface area (Å²) in [6, 6.07) is 0. The second kappa shape index (κ2) is 4.86. The summed E-state index contributed by atoms with van der Waals surface area (Å²) in [5, 5.41) is 3.27. The molecule has 4 nitrogen and oxygen atoms in total. The standard InChI is InChI=1S/C12H24N2O2S/c1-12(2)5-8-14(10-12)17(15,16)9-11-3-6-13-7-4-11/h11,13H,3-10H2,1-2H3. The average molecular weight is 260 g/mol. The van der Waals surface area contributed by atoms with Gasteiger partial charge in [0.05, 0.1) is 5.75 Å². The molecule has 17 heavy (non-hydrogen) atoms. The molecular weight excluding hydrogens is 236 g/mol. The van der Waals surface area contributed by atoms with E-state index in [0.29, 0.717) is 24.8 Å². The van der Waals surface area contributed by atoms with Crippen molar-refractivity contribution in [3.8, 4) is 0 Å². The topological polar surface area (TPSA) is 49.4 Å². The van der Waals surface area contributed by atoms with E-state index in [-0.39, 0.29) is 5.41 Å². The second-order valence-electron chi connectivity index (χ2n) is 6.22. The lowest BCUT2D eigenvalue weighted by molar-refractivity contribution is 0.364. The molecule has 0 spiro atoms. The minimum Gasteiger partial charge on any atom is -0.317 e. The van der Waals surface area contributed by atoms with Crippen LogP contribution in [-0.4, -0.2) is 44.7 Å². The third-order valence-electron chi connectivity index (χ3n) is 3.94. The van der Waals surface area contributed by atoms with Crippen LogP contribution in [0, 0.1) is 11.3 Å². The molecule has 2 aliphatic rings. The number of nitrogens with one attached hydrogen (secondary N) is 1. The summed E-state index contributed by atoms with van der Waals surface area (Å²) in [6.07, 6.45) is 2.98. The molecule has 2 heterocycles. The van der Waals surface area contributed by atoms with E-state index in [1.807, 2.05) is 0 Å². The van der Waals surface area contributed by atoms with Crippen LogP contribution in [0.3, 0.4) is 0 Å². The van der Waals surface area contributed by atoms with Crippen LogP contribution in [0.25, 0.3) is 0 Å². The maximum atomic E-state index is 12.3. The Balaban J connectivity index is 1.94. The summed E-state index contributed by atoms with van der Waals surface area (Å²) in [7, 11) is -3.03. The van der Waals surface area contributed by atoms with Crippen LogP contribution in [0.2, 0.25) is 0 Å². The molecule has 0 radical (unpaired) electrons. The van der Waals surface area contributed by atoms with Gasteiger partial charge in [-0.05, 0) is 43.7 Å². The van der Waals surface area contributed by atoms with Gasteiger partial charge in [0, 0.05) is 13.1 Å². The molecule has 100 valence electrons. The first-order chi connectivity index (χ1) is 7.89. The van der Waals surface area contributed by atoms with Crippen LogP contribution in [0.4, 0.5) is 0 Å². The van der Waals surface area contributed by atoms with Crippen molar-refractivity contribution in [2.75, 3.05) is 31.9 Å². The molecule has 0 aromatic carbocycles. The number of piperidine rings is 1. The smallest absolute Gasteiger partial charge is 0.214 e. The predicted octanol–water partition coefficient (Wildman–Crippen LogP) is 1.05. The largest absolute Gasteiger partial charge is 0.317 e. The van der Waals surface area contributed by atoms with E-state index >= 15 is 0 Å². The first-order valence-corrected chi connectivity index (χ1v) is 8.19. The molecule has 0 bridgehead atoms. The van der Waals surface area contributed by atoms with Gasteiger partial charge in [-0.1, -0.05) is 13.8 Å². The lowest BCUT2D eigenvalue weighted by atomic mass is 9.93. The minimum atomic E-state index is -3.03. The summed E-state index contributed by atoms with van der Waals surface area (Å²) < 4.78 is 26.3. The van der Waals surface area contributed by atoms with Crippen LogP contribution < -0.4 is 5.32 Å². The Morgan fingerprint density at radius 3 is 2.47 bits per heavy atom. The van der Waals surface area contributed by atoms with Gasteiger partial charge in [0.1, 0.15) is 0 Å². The molecule has 2 fully saturated rings. The van der Waals surface area contributed by atoms with Crippen molar-refractivity contribution in [2.45, 2.75) is 33.1 Å². The molecule has 0 saturated carbocycles. The Kier molecular flexibility index (Phi) is 3.80. The van der Waals surface area contributed by atoms with Crippen LogP contribution in [0.5, 0.6) is 0 Å². The van der Waals surface area contributed by atoms with Crippen LogP contribution in [0.15, 0.2) is 0 Å². The van der Waals surface area contributed by atoms with Crippen LogP contribution in [0.1, 0.15) is 33.1 Å². The van der Waals surface area contributed by atoms with Crippen molar-refractivity contribution in [3.63, 3.8) is 0 Å². The maximum absolute atomic E-state index is 12.3. The fraction of sp³-hybridized carbons (Fsp3) is 1.00. The molecule has 0 atom stereocenters. The molecule has 2 rings (SSSR count). The molecule has 2 aliphatic heterocycles. The number of sulfonamides is 1. The molecule has 1 N–H and O–H groups in total. The van der Waals surface area contributed by atoms with Crippen molar-refractivity contribution in [1.82, 2.24) is 9.62 Å². The van der Waals surface area contributed by atoms with E-state index in [4.69, 9.17) is 0 Å². The molecular formula is C12H24N2O2S. The highest BCUT2D eigenvalue weighted by molar-refractivity contribution is 7.89. The number of hydrogen-bond donors (Lipinski definition) is 1. The lowest BCUT2D eigenvalue weighted by Gasteiger charge is -2.25. The van der Waals surface area contributed by atoms with Gasteiger partial charge < -0.3 is 5.32 Å². The van der Waals surface area contributed by atoms with E-state index < -0.39 is 10.0 Å². The molecule has 0 aromatic heterocycles. The van der Waals surface area contributed by atoms with E-state index in [9.17, 15) is 8.42 Å². The summed E-state index contributed by atoms with van der Waals surface area (Å²) >= 11 is 0. The van der Waals surface area contributed by atoms with E-state index in [1.54, 1.807) is 4.31 Å². The zero-order valence-electron chi connectivity index (χ0n) is 10.9. The first-order valence-electron chi connectivity index (χ1n) is 6.58. The number of nitrogens with zero attached hydrogens (tertiary/aromatic N) is 1. The highest BCUT2D eigenvalue weighted by Gasteiger charge is 2.37. The highest BCUT2D eigenvalue weighted by Crippen LogP contribution is 2.31. The fourth-order valence-electron chi connectivity index (χ4n) is 2.75. The fourth-order valence-corrected chi connectivity index (χ4v) is 4.81. The van der Waals surface area contributed by atoms with Gasteiger partial charge in [0.15, 0.2) is 0 Å². The molecule has 0 aromatic rings. The zero-order valence-corrected chi connectivity index (χ0v) is 11.7. The zero-order chi connectivity index (χ0) is 12.5. The van der Waals surface area contributed by atoms with Gasteiger partial charge in [0.2, 0.25) is 10.0 Å². The second-order valence-corrected chi connectivity index (χ2v) is 8.23. The average Bonchev–Trinajstić information content (AvgIpc) is 2.60. The van der Waals surface area contributed by atoms with Crippen molar-refractivity contribution >= 4 is 10.0 Å². The Morgan fingerprint density at radius 1 is 1.29 bits per heavy atom. The molecule has 0 aliphatic carbocycles. The van der Waals surface area contributed by atoms with Crippen molar-refractivity contribution in [2.24, 2.45) is 11.3 Å². The van der Waals surface area contributed by atoms with Crippen LogP contribution >= 0.6 is 0 Å². The van der Waals surface area contributed by atoms with Gasteiger partial charge in [0.25, 0.3) is 0 Å². The summed E-state index contributed by atoms with van der Waals surface area (Å²) in [5.41, 5.74) is 0.154. The van der Waals surface area contributed by atoms with Crippen molar-refractivity contribution in [3.05, 3.63) is 0 Å². The summed E-state index contributed by atoms with van der Waals surface area (Å²) in [5.74, 6) is 0.704. The third-order valence-corrected chi connectivity index (χ3v) is 5.93. The molecule has 0 amide bonds. The van der Waals surface area contributed by atoms with Gasteiger partial charge >= 0.3 is 0 Å². The maximum Gasteiger partial charge on any atom is 0.214 e. The Morgan fingerprint density at radius 2 is 1.94 bits per heavy atom. The van der Waals surface area contributed by atoms with Crippen molar-refractivity contribution < 1.29 is 8.42 Å². The minimum absolute atomic E-state index is 0.154. The molecule has 0 unspecified atom stereocenters. The molecule has 5 heteroatoms. The van der Waals surface area contributed by atoms with E-state index in [0.717, 1.165) is 32.4 Å². The normalized spacial score (nSPS) is 27.4. The van der Waals surface area contributed by atoms with Gasteiger partial charge in [-0.2, -0.15) is 0 Å². The Labute approximate surface area is 105 Å². The summed E-state index contributed by atoms with van der Waals surface area (Å²) in [6.45, 7) is 7.62. The lowest BCUT2D eigenvalue weighted by Crippen LogP contribution is -2.38. The third kappa shape index (κ3) is 3.42. The summed E-state index contributed by atoms with van der Waals surface area (Å²) in [4.78, 5) is 0. The SMILES string of the molecule is CC1(C)CCN(S(=O)(=O)CC2CCNCC2)C1. The predicted molar refractivity (Wildman–Crippen MR) is 69.4 cm³/mol. The molecule has 2 saturated heterocycles. The Bertz CT molecular complexity index is 359. The van der Waals surface area contributed by atoms with E-state index in [2.05, 4.69) is 19.2 Å². The van der Waals surface area contributed by atoms with Gasteiger partial charge in [-0.25, -0.2) is 12.7 Å². The quantitative estimate of drug-likeness (QED) is 0.825. The van der Waals surface area contributed by atoms with Gasteiger partial charge in [-0.15, -0.1) is 0 Å². The van der Waals surface area contributed by atoms with E-state index in [1.165, 1.54) is 0 Å². The number of hydrogen-bond acceptors (Lipinski definition) is 3. The van der Waals surface area contributed by atoms with Gasteiger partial charge in [-0.3, -0.25) is 0 Å². The van der Waals surface area contributed by atoms with Crippen LogP contribution in [-0.2, 0) is 10.0 Å². The Hall–Kier alpha value is -0.130. The highest BCUT2D eigenvalue weighted by atomic mass is 32.2. The monoisotopic (exact) mass is 260 g/mol. The first kappa shape index (κ1) is 13.3.